The molecule has 33 heavy (non-hydrogen) atoms. The Morgan fingerprint density at radius 3 is 2.61 bits per heavy atom. The topological polar surface area (TPSA) is 118 Å². The van der Waals surface area contributed by atoms with Gasteiger partial charge in [0.15, 0.2) is 9.84 Å². The van der Waals surface area contributed by atoms with Crippen LogP contribution < -0.4 is 10.9 Å². The minimum absolute atomic E-state index is 0.00312. The van der Waals surface area contributed by atoms with Crippen molar-refractivity contribution in [3.8, 4) is 5.75 Å². The van der Waals surface area contributed by atoms with Gasteiger partial charge in [-0.1, -0.05) is 37.3 Å². The van der Waals surface area contributed by atoms with Crippen LogP contribution in [-0.4, -0.2) is 34.7 Å². The average Bonchev–Trinajstić information content (AvgIpc) is 3.15. The molecule has 0 aliphatic carbocycles. The molecule has 2 heterocycles. The number of anilines is 1. The Labute approximate surface area is 194 Å². The van der Waals surface area contributed by atoms with Gasteiger partial charge in [0.25, 0.3) is 11.5 Å². The zero-order valence-electron chi connectivity index (χ0n) is 17.9. The van der Waals surface area contributed by atoms with Crippen molar-refractivity contribution >= 4 is 43.0 Å². The number of aryl methyl sites for hydroxylation is 1. The average molecular weight is 484 g/mol. The molecule has 2 N–H and O–H groups in total. The molecule has 0 saturated heterocycles. The largest absolute Gasteiger partial charge is 0.506 e. The van der Waals surface area contributed by atoms with E-state index in [-0.39, 0.29) is 32.5 Å². The van der Waals surface area contributed by atoms with Gasteiger partial charge in [-0.25, -0.2) is 13.4 Å². The molecule has 0 aliphatic rings. The second-order valence-corrected chi connectivity index (χ2v) is 10.7. The summed E-state index contributed by atoms with van der Waals surface area (Å²) in [5.41, 5.74) is 1.14. The number of sulfone groups is 1. The van der Waals surface area contributed by atoms with E-state index in [9.17, 15) is 23.1 Å². The smallest absolute Gasteiger partial charge is 0.266 e. The number of nitrogens with one attached hydrogen (secondary N) is 1. The van der Waals surface area contributed by atoms with Crippen molar-refractivity contribution in [3.63, 3.8) is 0 Å². The summed E-state index contributed by atoms with van der Waals surface area (Å²) in [4.78, 5) is 31.1. The second kappa shape index (κ2) is 8.80. The quantitative estimate of drug-likeness (QED) is 0.405. The highest BCUT2D eigenvalue weighted by Crippen LogP contribution is 2.31. The van der Waals surface area contributed by atoms with Gasteiger partial charge in [-0.05, 0) is 36.2 Å². The number of fused-ring (bicyclic) bond motifs is 1. The molecule has 10 heteroatoms. The van der Waals surface area contributed by atoms with Gasteiger partial charge < -0.3 is 10.4 Å². The highest BCUT2D eigenvalue weighted by atomic mass is 32.2. The number of benzene rings is 2. The fraction of sp³-hybridized carbons (Fsp3) is 0.174. The molecule has 0 aliphatic heterocycles. The van der Waals surface area contributed by atoms with Crippen molar-refractivity contribution in [1.29, 1.82) is 0 Å². The van der Waals surface area contributed by atoms with Gasteiger partial charge in [0, 0.05) is 0 Å². The van der Waals surface area contributed by atoms with Crippen LogP contribution in [-0.2, 0) is 16.4 Å². The minimum atomic E-state index is -3.52. The molecule has 0 spiro atoms. The fourth-order valence-corrected chi connectivity index (χ4v) is 5.36. The predicted molar refractivity (Wildman–Crippen MR) is 128 cm³/mol. The Morgan fingerprint density at radius 2 is 1.91 bits per heavy atom. The molecule has 8 nitrogen and oxygen atoms in total. The summed E-state index contributed by atoms with van der Waals surface area (Å²) in [7, 11) is -3.52. The number of phenols is 1. The number of phenolic OH excluding ortho intramolecular Hbond substituents is 1. The Bertz CT molecular complexity index is 1520. The van der Waals surface area contributed by atoms with Crippen LogP contribution in [0, 0.1) is 6.92 Å². The molecule has 2 aromatic carbocycles. The first kappa shape index (κ1) is 22.7. The van der Waals surface area contributed by atoms with Crippen molar-refractivity contribution in [2.24, 2.45) is 0 Å². The molecule has 0 saturated carbocycles. The number of rotatable bonds is 6. The zero-order valence-corrected chi connectivity index (χ0v) is 19.5. The number of aromatic nitrogens is 2. The lowest BCUT2D eigenvalue weighted by Crippen LogP contribution is -2.21. The number of hydrogen-bond donors (Lipinski definition) is 2. The molecule has 1 amide bonds. The molecule has 170 valence electrons. The molecule has 0 atom stereocenters. The molecule has 4 aromatic rings. The van der Waals surface area contributed by atoms with Crippen molar-refractivity contribution in [3.05, 3.63) is 81.2 Å². The Morgan fingerprint density at radius 1 is 1.18 bits per heavy atom. The highest BCUT2D eigenvalue weighted by molar-refractivity contribution is 7.91. The first-order valence-corrected chi connectivity index (χ1v) is 12.6. The lowest BCUT2D eigenvalue weighted by molar-refractivity contribution is 0.102. The Kier molecular flexibility index (Phi) is 6.05. The second-order valence-electron chi connectivity index (χ2n) is 7.44. The Balaban J connectivity index is 1.69. The van der Waals surface area contributed by atoms with E-state index >= 15 is 0 Å². The van der Waals surface area contributed by atoms with E-state index in [4.69, 9.17) is 0 Å². The van der Waals surface area contributed by atoms with Crippen LogP contribution in [0.5, 0.6) is 5.75 Å². The van der Waals surface area contributed by atoms with Gasteiger partial charge in [0.1, 0.15) is 10.6 Å². The molecule has 0 radical (unpaired) electrons. The van der Waals surface area contributed by atoms with Gasteiger partial charge in [0.2, 0.25) is 0 Å². The van der Waals surface area contributed by atoms with Crippen LogP contribution in [0.15, 0.2) is 64.5 Å². The third-order valence-corrected chi connectivity index (χ3v) is 8.21. The summed E-state index contributed by atoms with van der Waals surface area (Å²) in [5.74, 6) is -0.937. The number of aromatic hydroxyl groups is 1. The maximum Gasteiger partial charge on any atom is 0.266 e. The van der Waals surface area contributed by atoms with Gasteiger partial charge in [-0.3, -0.25) is 14.2 Å². The monoisotopic (exact) mass is 483 g/mol. The van der Waals surface area contributed by atoms with E-state index in [0.29, 0.717) is 22.3 Å². The first-order chi connectivity index (χ1) is 15.7. The molecule has 0 unspecified atom stereocenters. The van der Waals surface area contributed by atoms with Crippen molar-refractivity contribution in [2.45, 2.75) is 25.3 Å². The third-order valence-electron chi connectivity index (χ3n) is 5.27. The van der Waals surface area contributed by atoms with E-state index in [1.807, 2.05) is 30.3 Å². The van der Waals surface area contributed by atoms with Crippen molar-refractivity contribution in [1.82, 2.24) is 9.55 Å². The number of hydrogen-bond acceptors (Lipinski definition) is 7. The van der Waals surface area contributed by atoms with E-state index < -0.39 is 15.7 Å². The van der Waals surface area contributed by atoms with E-state index in [0.717, 1.165) is 16.9 Å². The van der Waals surface area contributed by atoms with E-state index in [1.54, 1.807) is 6.92 Å². The van der Waals surface area contributed by atoms with Crippen molar-refractivity contribution < 1.29 is 18.3 Å². The Hall–Kier alpha value is -3.50. The first-order valence-electron chi connectivity index (χ1n) is 10.1. The zero-order chi connectivity index (χ0) is 23.8. The van der Waals surface area contributed by atoms with Crippen LogP contribution in [0.3, 0.4) is 0 Å². The van der Waals surface area contributed by atoms with Gasteiger partial charge >= 0.3 is 0 Å². The lowest BCUT2D eigenvalue weighted by Gasteiger charge is -2.09. The number of carbonyl (C=O) groups is 1. The lowest BCUT2D eigenvalue weighted by atomic mass is 10.2. The number of carbonyl (C=O) groups excluding carboxylic acids is 1. The summed E-state index contributed by atoms with van der Waals surface area (Å²) in [5, 5.41) is 13.0. The minimum Gasteiger partial charge on any atom is -0.506 e. The predicted octanol–water partition coefficient (Wildman–Crippen LogP) is 3.57. The van der Waals surface area contributed by atoms with Gasteiger partial charge in [0.05, 0.1) is 39.5 Å². The van der Waals surface area contributed by atoms with Crippen LogP contribution >= 0.6 is 11.3 Å². The van der Waals surface area contributed by atoms with Gasteiger partial charge in [-0.15, -0.1) is 11.3 Å². The van der Waals surface area contributed by atoms with Crippen LogP contribution in [0.1, 0.15) is 27.7 Å². The maximum atomic E-state index is 13.1. The van der Waals surface area contributed by atoms with Crippen LogP contribution in [0.4, 0.5) is 5.69 Å². The number of thiophene rings is 1. The van der Waals surface area contributed by atoms with Crippen molar-refractivity contribution in [2.75, 3.05) is 11.1 Å². The van der Waals surface area contributed by atoms with E-state index in [1.165, 1.54) is 36.0 Å². The maximum absolute atomic E-state index is 13.1. The van der Waals surface area contributed by atoms with Gasteiger partial charge in [-0.2, -0.15) is 0 Å². The number of nitrogens with zero attached hydrogens (tertiary/aromatic N) is 2. The molecule has 2 aromatic heterocycles. The molecule has 0 bridgehead atoms. The highest BCUT2D eigenvalue weighted by Gasteiger charge is 2.21. The summed E-state index contributed by atoms with van der Waals surface area (Å²) in [6.45, 7) is 3.53. The summed E-state index contributed by atoms with van der Waals surface area (Å²) in [6, 6.07) is 13.2. The van der Waals surface area contributed by atoms with Crippen LogP contribution in [0.2, 0.25) is 0 Å². The molecular weight excluding hydrogens is 462 g/mol. The normalized spacial score (nSPS) is 11.6. The molecule has 0 fully saturated rings. The number of amides is 1. The molecular formula is C23H21N3O5S2. The van der Waals surface area contributed by atoms with Crippen LogP contribution in [0.25, 0.3) is 10.2 Å². The van der Waals surface area contributed by atoms with E-state index in [2.05, 4.69) is 10.3 Å². The summed E-state index contributed by atoms with van der Waals surface area (Å²) >= 11 is 1.06. The summed E-state index contributed by atoms with van der Waals surface area (Å²) < 4.78 is 25.8. The fourth-order valence-electron chi connectivity index (χ4n) is 3.42. The summed E-state index contributed by atoms with van der Waals surface area (Å²) in [6.07, 6.45) is 1.46. The molecule has 4 rings (SSSR count). The third kappa shape index (κ3) is 4.39. The SMILES string of the molecule is CCS(=O)(=O)c1ccc(O)c(NC(=O)c2sc3ncn(Cc4ccccc4)c(=O)c3c2C)c1. The standard InChI is InChI=1S/C23H21N3O5S2/c1-3-33(30,31)16-9-10-18(27)17(11-16)25-21(28)20-14(2)19-22(32-20)24-13-26(23(19)29)12-15-7-5-4-6-8-15/h4-11,13,27H,3,12H2,1-2H3,(H,25,28).